The zero-order valence-electron chi connectivity index (χ0n) is 17.3. The number of ether oxygens (including phenoxy) is 2. The first kappa shape index (κ1) is 20.7. The Morgan fingerprint density at radius 3 is 2.21 bits per heavy atom. The van der Waals surface area contributed by atoms with Crippen LogP contribution < -0.4 is 9.47 Å². The third-order valence-corrected chi connectivity index (χ3v) is 5.42. The van der Waals surface area contributed by atoms with Crippen LogP contribution in [-0.2, 0) is 11.2 Å². The van der Waals surface area contributed by atoms with Gasteiger partial charge in [0.2, 0.25) is 5.91 Å². The van der Waals surface area contributed by atoms with E-state index in [1.165, 1.54) is 11.1 Å². The van der Waals surface area contributed by atoms with Gasteiger partial charge in [0.05, 0.1) is 14.2 Å². The average molecular weight is 396 g/mol. The van der Waals surface area contributed by atoms with E-state index in [1.807, 2.05) is 17.0 Å². The number of amides is 2. The van der Waals surface area contributed by atoms with E-state index in [2.05, 4.69) is 19.1 Å². The topological polar surface area (TPSA) is 59.1 Å². The molecular formula is C23H28N2O4. The van der Waals surface area contributed by atoms with Gasteiger partial charge in [-0.25, -0.2) is 0 Å². The van der Waals surface area contributed by atoms with Crippen molar-refractivity contribution in [2.45, 2.75) is 19.8 Å². The summed E-state index contributed by atoms with van der Waals surface area (Å²) < 4.78 is 10.5. The molecule has 0 bridgehead atoms. The highest BCUT2D eigenvalue weighted by Crippen LogP contribution is 2.28. The molecule has 1 aliphatic rings. The second-order valence-corrected chi connectivity index (χ2v) is 7.17. The van der Waals surface area contributed by atoms with Gasteiger partial charge in [-0.05, 0) is 42.7 Å². The highest BCUT2D eigenvalue weighted by Gasteiger charge is 2.25. The zero-order chi connectivity index (χ0) is 20.8. The molecule has 0 unspecified atom stereocenters. The molecule has 6 nitrogen and oxygen atoms in total. The van der Waals surface area contributed by atoms with E-state index in [0.29, 0.717) is 49.7 Å². The third-order valence-electron chi connectivity index (χ3n) is 5.42. The number of aryl methyl sites for hydroxylation is 2. The normalized spacial score (nSPS) is 13.9. The van der Waals surface area contributed by atoms with E-state index in [1.54, 1.807) is 37.3 Å². The number of carbonyl (C=O) groups is 2. The summed E-state index contributed by atoms with van der Waals surface area (Å²) >= 11 is 0. The molecule has 3 rings (SSSR count). The smallest absolute Gasteiger partial charge is 0.254 e. The molecule has 2 aromatic carbocycles. The van der Waals surface area contributed by atoms with Gasteiger partial charge in [0, 0.05) is 38.2 Å². The maximum absolute atomic E-state index is 12.8. The highest BCUT2D eigenvalue weighted by molar-refractivity contribution is 5.95. The largest absolute Gasteiger partial charge is 0.493 e. The number of rotatable bonds is 6. The summed E-state index contributed by atoms with van der Waals surface area (Å²) in [5.74, 6) is 1.21. The molecular weight excluding hydrogens is 368 g/mol. The van der Waals surface area contributed by atoms with E-state index in [0.717, 1.165) is 6.42 Å². The Morgan fingerprint density at radius 2 is 1.55 bits per heavy atom. The molecule has 0 atom stereocenters. The van der Waals surface area contributed by atoms with Gasteiger partial charge in [0.15, 0.2) is 11.5 Å². The molecule has 1 heterocycles. The average Bonchev–Trinajstić information content (AvgIpc) is 2.77. The first-order chi connectivity index (χ1) is 14.0. The molecule has 0 N–H and O–H groups in total. The van der Waals surface area contributed by atoms with Gasteiger partial charge in [0.1, 0.15) is 0 Å². The molecule has 6 heteroatoms. The fraction of sp³-hybridized carbons (Fsp3) is 0.391. The number of nitrogens with zero attached hydrogens (tertiary/aromatic N) is 2. The van der Waals surface area contributed by atoms with Crippen LogP contribution in [0.5, 0.6) is 11.5 Å². The molecule has 0 radical (unpaired) electrons. The molecule has 29 heavy (non-hydrogen) atoms. The fourth-order valence-corrected chi connectivity index (χ4v) is 3.60. The van der Waals surface area contributed by atoms with E-state index >= 15 is 0 Å². The molecule has 0 spiro atoms. The first-order valence-electron chi connectivity index (χ1n) is 9.87. The number of hydrogen-bond acceptors (Lipinski definition) is 4. The molecule has 2 aromatic rings. The van der Waals surface area contributed by atoms with E-state index < -0.39 is 0 Å². The van der Waals surface area contributed by atoms with Crippen molar-refractivity contribution < 1.29 is 19.1 Å². The van der Waals surface area contributed by atoms with Crippen LogP contribution >= 0.6 is 0 Å². The summed E-state index contributed by atoms with van der Waals surface area (Å²) in [4.78, 5) is 29.0. The predicted molar refractivity (Wildman–Crippen MR) is 112 cm³/mol. The van der Waals surface area contributed by atoms with Crippen molar-refractivity contribution in [2.75, 3.05) is 40.4 Å². The molecule has 154 valence electrons. The lowest BCUT2D eigenvalue weighted by Crippen LogP contribution is -2.50. The van der Waals surface area contributed by atoms with Crippen molar-refractivity contribution in [2.24, 2.45) is 0 Å². The van der Waals surface area contributed by atoms with Crippen LogP contribution in [0.2, 0.25) is 0 Å². The highest BCUT2D eigenvalue weighted by atomic mass is 16.5. The van der Waals surface area contributed by atoms with Crippen molar-refractivity contribution in [3.05, 3.63) is 59.2 Å². The Kier molecular flexibility index (Phi) is 6.75. The Morgan fingerprint density at radius 1 is 0.897 bits per heavy atom. The Labute approximate surface area is 172 Å². The SMILES string of the molecule is COc1ccc(C(=O)N2CCN(C(=O)CCc3ccccc3C)CC2)cc1OC. The number of piperazine rings is 1. The minimum absolute atomic E-state index is 0.0574. The zero-order valence-corrected chi connectivity index (χ0v) is 17.3. The number of methoxy groups -OCH3 is 2. The third kappa shape index (κ3) is 4.88. The van der Waals surface area contributed by atoms with Crippen LogP contribution in [0.4, 0.5) is 0 Å². The fourth-order valence-electron chi connectivity index (χ4n) is 3.60. The summed E-state index contributed by atoms with van der Waals surface area (Å²) in [6, 6.07) is 13.3. The molecule has 0 aliphatic carbocycles. The molecule has 0 saturated carbocycles. The second-order valence-electron chi connectivity index (χ2n) is 7.17. The van der Waals surface area contributed by atoms with Crippen molar-refractivity contribution in [3.8, 4) is 11.5 Å². The lowest BCUT2D eigenvalue weighted by Gasteiger charge is -2.35. The molecule has 2 amide bonds. The van der Waals surface area contributed by atoms with E-state index in [-0.39, 0.29) is 11.8 Å². The van der Waals surface area contributed by atoms with E-state index in [4.69, 9.17) is 9.47 Å². The van der Waals surface area contributed by atoms with Gasteiger partial charge in [-0.2, -0.15) is 0 Å². The Balaban J connectivity index is 1.54. The number of hydrogen-bond donors (Lipinski definition) is 0. The summed E-state index contributed by atoms with van der Waals surface area (Å²) in [7, 11) is 3.11. The standard InChI is InChI=1S/C23H28N2O4/c1-17-6-4-5-7-18(17)9-11-22(26)24-12-14-25(15-13-24)23(27)19-8-10-20(28-2)21(16-19)29-3/h4-8,10,16H,9,11-15H2,1-3H3. The monoisotopic (exact) mass is 396 g/mol. The minimum Gasteiger partial charge on any atom is -0.493 e. The van der Waals surface area contributed by atoms with Crippen LogP contribution in [0, 0.1) is 6.92 Å². The van der Waals surface area contributed by atoms with Crippen LogP contribution in [0.15, 0.2) is 42.5 Å². The van der Waals surface area contributed by atoms with Gasteiger partial charge >= 0.3 is 0 Å². The van der Waals surface area contributed by atoms with Gasteiger partial charge in [-0.1, -0.05) is 24.3 Å². The minimum atomic E-state index is -0.0574. The Hall–Kier alpha value is -3.02. The lowest BCUT2D eigenvalue weighted by atomic mass is 10.0. The molecule has 1 saturated heterocycles. The van der Waals surface area contributed by atoms with E-state index in [9.17, 15) is 9.59 Å². The van der Waals surface area contributed by atoms with Gasteiger partial charge in [-0.15, -0.1) is 0 Å². The van der Waals surface area contributed by atoms with Gasteiger partial charge in [0.25, 0.3) is 5.91 Å². The quantitative estimate of drug-likeness (QED) is 0.753. The number of benzene rings is 2. The van der Waals surface area contributed by atoms with Crippen molar-refractivity contribution in [1.82, 2.24) is 9.80 Å². The predicted octanol–water partition coefficient (Wildman–Crippen LogP) is 2.93. The maximum atomic E-state index is 12.8. The first-order valence-corrected chi connectivity index (χ1v) is 9.87. The Bertz CT molecular complexity index is 873. The van der Waals surface area contributed by atoms with Crippen LogP contribution in [-0.4, -0.2) is 62.0 Å². The van der Waals surface area contributed by atoms with Gasteiger partial charge < -0.3 is 19.3 Å². The molecule has 1 aliphatic heterocycles. The van der Waals surface area contributed by atoms with Crippen molar-refractivity contribution in [1.29, 1.82) is 0 Å². The van der Waals surface area contributed by atoms with Crippen LogP contribution in [0.25, 0.3) is 0 Å². The summed E-state index contributed by atoms with van der Waals surface area (Å²) in [6.07, 6.45) is 1.24. The van der Waals surface area contributed by atoms with Crippen LogP contribution in [0.1, 0.15) is 27.9 Å². The maximum Gasteiger partial charge on any atom is 0.254 e. The van der Waals surface area contributed by atoms with Crippen molar-refractivity contribution >= 4 is 11.8 Å². The van der Waals surface area contributed by atoms with Gasteiger partial charge in [-0.3, -0.25) is 9.59 Å². The number of carbonyl (C=O) groups excluding carboxylic acids is 2. The van der Waals surface area contributed by atoms with Crippen molar-refractivity contribution in [3.63, 3.8) is 0 Å². The molecule has 0 aromatic heterocycles. The summed E-state index contributed by atoms with van der Waals surface area (Å²) in [6.45, 7) is 4.25. The summed E-state index contributed by atoms with van der Waals surface area (Å²) in [5, 5.41) is 0. The second kappa shape index (κ2) is 9.45. The lowest BCUT2D eigenvalue weighted by molar-refractivity contribution is -0.132. The molecule has 1 fully saturated rings. The van der Waals surface area contributed by atoms with Crippen LogP contribution in [0.3, 0.4) is 0 Å². The summed E-state index contributed by atoms with van der Waals surface area (Å²) in [5.41, 5.74) is 2.98.